The lowest BCUT2D eigenvalue weighted by Crippen LogP contribution is -2.39. The molecule has 6 heteroatoms. The number of piperidine rings is 1. The fourth-order valence-corrected chi connectivity index (χ4v) is 3.42. The highest BCUT2D eigenvalue weighted by Gasteiger charge is 2.32. The summed E-state index contributed by atoms with van der Waals surface area (Å²) in [6.07, 6.45) is 2.42. The topological polar surface area (TPSA) is 46.8 Å². The minimum atomic E-state index is -0.160. The maximum atomic E-state index is 6.09. The number of nitrogens with zero attached hydrogens (tertiary/aromatic N) is 5. The van der Waals surface area contributed by atoms with Gasteiger partial charge in [-0.1, -0.05) is 30.7 Å². The smallest absolute Gasteiger partial charge is 0.173 e. The monoisotopic (exact) mass is 347 g/mol. The third kappa shape index (κ3) is 3.62. The van der Waals surface area contributed by atoms with Crippen molar-refractivity contribution in [3.63, 3.8) is 0 Å². The Bertz CT molecular complexity index is 665. The van der Waals surface area contributed by atoms with Gasteiger partial charge in [-0.25, -0.2) is 4.68 Å². The SMILES string of the molecule is CC1CCN(C(c2ccc(Cl)cc2)c2nnnn2C(C)(C)C)CC1. The van der Waals surface area contributed by atoms with Crippen LogP contribution in [-0.4, -0.2) is 38.2 Å². The number of hydrogen-bond donors (Lipinski definition) is 0. The summed E-state index contributed by atoms with van der Waals surface area (Å²) < 4.78 is 1.95. The average molecular weight is 348 g/mol. The van der Waals surface area contributed by atoms with Crippen LogP contribution >= 0.6 is 11.6 Å². The van der Waals surface area contributed by atoms with Gasteiger partial charge in [0.25, 0.3) is 0 Å². The van der Waals surface area contributed by atoms with E-state index >= 15 is 0 Å². The molecule has 1 aromatic heterocycles. The summed E-state index contributed by atoms with van der Waals surface area (Å²) in [5.74, 6) is 1.69. The summed E-state index contributed by atoms with van der Waals surface area (Å²) >= 11 is 6.09. The Morgan fingerprint density at radius 3 is 2.33 bits per heavy atom. The molecule has 130 valence electrons. The first-order valence-electron chi connectivity index (χ1n) is 8.64. The molecule has 1 unspecified atom stereocenters. The van der Waals surface area contributed by atoms with Gasteiger partial charge in [0.05, 0.1) is 11.6 Å². The van der Waals surface area contributed by atoms with Crippen molar-refractivity contribution >= 4 is 11.6 Å². The predicted octanol–water partition coefficient (Wildman–Crippen LogP) is 3.90. The van der Waals surface area contributed by atoms with Crippen molar-refractivity contribution in [1.82, 2.24) is 25.1 Å². The quantitative estimate of drug-likeness (QED) is 0.844. The van der Waals surface area contributed by atoms with E-state index < -0.39 is 0 Å². The van der Waals surface area contributed by atoms with Gasteiger partial charge >= 0.3 is 0 Å². The lowest BCUT2D eigenvalue weighted by atomic mass is 9.95. The van der Waals surface area contributed by atoms with Gasteiger partial charge in [-0.2, -0.15) is 0 Å². The van der Waals surface area contributed by atoms with Crippen molar-refractivity contribution in [3.05, 3.63) is 40.7 Å². The predicted molar refractivity (Wildman–Crippen MR) is 96.1 cm³/mol. The molecule has 1 saturated heterocycles. The molecule has 0 spiro atoms. The van der Waals surface area contributed by atoms with Gasteiger partial charge in [-0.3, -0.25) is 4.90 Å². The zero-order valence-corrected chi connectivity index (χ0v) is 15.7. The van der Waals surface area contributed by atoms with Crippen LogP contribution in [-0.2, 0) is 5.54 Å². The van der Waals surface area contributed by atoms with Crippen LogP contribution in [0.2, 0.25) is 5.02 Å². The molecule has 0 radical (unpaired) electrons. The first-order valence-corrected chi connectivity index (χ1v) is 9.02. The summed E-state index contributed by atoms with van der Waals surface area (Å²) in [7, 11) is 0. The molecular weight excluding hydrogens is 322 g/mol. The van der Waals surface area contributed by atoms with E-state index in [4.69, 9.17) is 11.6 Å². The first-order chi connectivity index (χ1) is 11.4. The van der Waals surface area contributed by atoms with Crippen molar-refractivity contribution in [1.29, 1.82) is 0 Å². The minimum Gasteiger partial charge on any atom is -0.290 e. The van der Waals surface area contributed by atoms with Crippen molar-refractivity contribution in [3.8, 4) is 0 Å². The number of halogens is 1. The van der Waals surface area contributed by atoms with Gasteiger partial charge in [-0.05, 0) is 80.7 Å². The molecule has 0 amide bonds. The molecule has 0 bridgehead atoms. The van der Waals surface area contributed by atoms with E-state index in [-0.39, 0.29) is 11.6 Å². The second-order valence-corrected chi connectivity index (χ2v) is 8.23. The lowest BCUT2D eigenvalue weighted by molar-refractivity contribution is 0.145. The van der Waals surface area contributed by atoms with Gasteiger partial charge in [0.15, 0.2) is 5.82 Å². The lowest BCUT2D eigenvalue weighted by Gasteiger charge is -2.37. The normalized spacial score (nSPS) is 18.7. The van der Waals surface area contributed by atoms with Crippen molar-refractivity contribution in [2.45, 2.75) is 52.1 Å². The fraction of sp³-hybridized carbons (Fsp3) is 0.611. The Hall–Kier alpha value is -1.46. The van der Waals surface area contributed by atoms with Crippen molar-refractivity contribution in [2.75, 3.05) is 13.1 Å². The third-order valence-electron chi connectivity index (χ3n) is 4.74. The van der Waals surface area contributed by atoms with Crippen LogP contribution in [0.15, 0.2) is 24.3 Å². The second-order valence-electron chi connectivity index (χ2n) is 7.79. The maximum Gasteiger partial charge on any atom is 0.173 e. The van der Waals surface area contributed by atoms with Gasteiger partial charge in [0, 0.05) is 5.02 Å². The van der Waals surface area contributed by atoms with Crippen LogP contribution in [0.1, 0.15) is 58.0 Å². The van der Waals surface area contributed by atoms with Gasteiger partial charge in [-0.15, -0.1) is 5.10 Å². The number of aromatic nitrogens is 4. The molecule has 0 saturated carbocycles. The fourth-order valence-electron chi connectivity index (χ4n) is 3.30. The Labute approximate surface area is 149 Å². The number of rotatable bonds is 3. The zero-order chi connectivity index (χ0) is 17.3. The Morgan fingerprint density at radius 1 is 1.12 bits per heavy atom. The third-order valence-corrected chi connectivity index (χ3v) is 4.99. The highest BCUT2D eigenvalue weighted by Crippen LogP contribution is 2.33. The molecule has 2 heterocycles. The van der Waals surface area contributed by atoms with Crippen LogP contribution < -0.4 is 0 Å². The van der Waals surface area contributed by atoms with Crippen LogP contribution in [0.5, 0.6) is 0 Å². The molecule has 1 aliphatic heterocycles. The van der Waals surface area contributed by atoms with Gasteiger partial charge in [0.2, 0.25) is 0 Å². The molecule has 1 aromatic carbocycles. The van der Waals surface area contributed by atoms with Crippen LogP contribution in [0.4, 0.5) is 0 Å². The van der Waals surface area contributed by atoms with E-state index in [0.717, 1.165) is 29.9 Å². The number of benzene rings is 1. The summed E-state index contributed by atoms with van der Waals surface area (Å²) in [5, 5.41) is 13.4. The van der Waals surface area contributed by atoms with Gasteiger partial charge in [0.1, 0.15) is 0 Å². The van der Waals surface area contributed by atoms with E-state index in [9.17, 15) is 0 Å². The standard InChI is InChI=1S/C18H26ClN5/c1-13-9-11-23(12-10-13)16(14-5-7-15(19)8-6-14)17-20-21-22-24(17)18(2,3)4/h5-8,13,16H,9-12H2,1-4H3. The molecule has 5 nitrogen and oxygen atoms in total. The van der Waals surface area contributed by atoms with Crippen LogP contribution in [0, 0.1) is 5.92 Å². The number of tetrazole rings is 1. The molecule has 3 rings (SSSR count). The summed E-state index contributed by atoms with van der Waals surface area (Å²) in [6.45, 7) is 10.8. The highest BCUT2D eigenvalue weighted by atomic mass is 35.5. The van der Waals surface area contributed by atoms with E-state index in [1.165, 1.54) is 18.4 Å². The van der Waals surface area contributed by atoms with E-state index in [1.807, 2.05) is 16.8 Å². The molecule has 1 fully saturated rings. The molecule has 1 atom stereocenters. The molecule has 0 aliphatic carbocycles. The van der Waals surface area contributed by atoms with Crippen molar-refractivity contribution < 1.29 is 0 Å². The van der Waals surface area contributed by atoms with Crippen molar-refractivity contribution in [2.24, 2.45) is 5.92 Å². The first kappa shape index (κ1) is 17.4. The minimum absolute atomic E-state index is 0.0593. The molecule has 2 aromatic rings. The Balaban J connectivity index is 2.02. The largest absolute Gasteiger partial charge is 0.290 e. The molecule has 24 heavy (non-hydrogen) atoms. The molecule has 1 aliphatic rings. The number of hydrogen-bond acceptors (Lipinski definition) is 4. The molecular formula is C18H26ClN5. The van der Waals surface area contributed by atoms with E-state index in [2.05, 4.69) is 60.3 Å². The van der Waals surface area contributed by atoms with E-state index in [0.29, 0.717) is 0 Å². The Kier molecular flexibility index (Phi) is 4.92. The van der Waals surface area contributed by atoms with Crippen LogP contribution in [0.25, 0.3) is 0 Å². The summed E-state index contributed by atoms with van der Waals surface area (Å²) in [6, 6.07) is 8.13. The number of likely N-dealkylation sites (tertiary alicyclic amines) is 1. The van der Waals surface area contributed by atoms with Crippen LogP contribution in [0.3, 0.4) is 0 Å². The summed E-state index contributed by atoms with van der Waals surface area (Å²) in [5.41, 5.74) is 1.03. The molecule has 0 N–H and O–H groups in total. The average Bonchev–Trinajstić information content (AvgIpc) is 3.01. The van der Waals surface area contributed by atoms with E-state index in [1.54, 1.807) is 0 Å². The highest BCUT2D eigenvalue weighted by molar-refractivity contribution is 6.30. The zero-order valence-electron chi connectivity index (χ0n) is 14.9. The maximum absolute atomic E-state index is 6.09. The summed E-state index contributed by atoms with van der Waals surface area (Å²) in [4.78, 5) is 2.50. The second kappa shape index (κ2) is 6.81. The Morgan fingerprint density at radius 2 is 1.75 bits per heavy atom. The van der Waals surface area contributed by atoms with Gasteiger partial charge < -0.3 is 0 Å².